The third-order valence-corrected chi connectivity index (χ3v) is 5.46. The van der Waals surface area contributed by atoms with Gasteiger partial charge in [-0.15, -0.1) is 0 Å². The fraction of sp³-hybridized carbons (Fsp3) is 0.875. The van der Waals surface area contributed by atoms with Crippen molar-refractivity contribution < 1.29 is 28.6 Å². The van der Waals surface area contributed by atoms with Crippen LogP contribution in [0.15, 0.2) is 0 Å². The Kier molecular flexibility index (Phi) is 16.2. The first-order valence-electron chi connectivity index (χ1n) is 11.8. The Balaban J connectivity index is 5.07. The van der Waals surface area contributed by atoms with Crippen LogP contribution in [-0.4, -0.2) is 37.2 Å². The van der Waals surface area contributed by atoms with E-state index in [0.29, 0.717) is 38.4 Å². The SMILES string of the molecule is CCCCOC(=O)C(CC)CC(CC(C)OC(C)=O)C(=O)OCC(CC)CCCC. The van der Waals surface area contributed by atoms with Gasteiger partial charge in [-0.05, 0) is 44.9 Å². The molecule has 0 aliphatic heterocycles. The highest BCUT2D eigenvalue weighted by Gasteiger charge is 2.30. The van der Waals surface area contributed by atoms with Gasteiger partial charge in [0.2, 0.25) is 0 Å². The van der Waals surface area contributed by atoms with Crippen LogP contribution in [0.4, 0.5) is 0 Å². The van der Waals surface area contributed by atoms with Crippen LogP contribution in [0.1, 0.15) is 99.3 Å². The molecule has 6 nitrogen and oxygen atoms in total. The lowest BCUT2D eigenvalue weighted by Crippen LogP contribution is -2.30. The van der Waals surface area contributed by atoms with Crippen molar-refractivity contribution in [3.05, 3.63) is 0 Å². The molecule has 0 aromatic rings. The van der Waals surface area contributed by atoms with E-state index in [4.69, 9.17) is 14.2 Å². The minimum atomic E-state index is -0.508. The third kappa shape index (κ3) is 12.9. The molecule has 0 bridgehead atoms. The summed E-state index contributed by atoms with van der Waals surface area (Å²) in [5.41, 5.74) is 0. The summed E-state index contributed by atoms with van der Waals surface area (Å²) in [6.07, 6.45) is 6.86. The fourth-order valence-electron chi connectivity index (χ4n) is 3.44. The molecule has 0 amide bonds. The molecule has 0 fully saturated rings. The summed E-state index contributed by atoms with van der Waals surface area (Å²) in [5.74, 6) is -1.49. The van der Waals surface area contributed by atoms with Crippen LogP contribution in [0.5, 0.6) is 0 Å². The molecule has 0 aliphatic rings. The van der Waals surface area contributed by atoms with Crippen LogP contribution in [0.2, 0.25) is 0 Å². The monoisotopic (exact) mass is 428 g/mol. The van der Waals surface area contributed by atoms with Gasteiger partial charge in [0.05, 0.1) is 31.2 Å². The average molecular weight is 429 g/mol. The highest BCUT2D eigenvalue weighted by atomic mass is 16.5. The van der Waals surface area contributed by atoms with Crippen LogP contribution in [0, 0.1) is 17.8 Å². The zero-order valence-electron chi connectivity index (χ0n) is 20.0. The van der Waals surface area contributed by atoms with Crippen molar-refractivity contribution in [2.75, 3.05) is 13.2 Å². The second kappa shape index (κ2) is 17.1. The molecule has 0 saturated carbocycles. The number of hydrogen-bond acceptors (Lipinski definition) is 6. The molecule has 0 rings (SSSR count). The number of carbonyl (C=O) groups is 3. The summed E-state index contributed by atoms with van der Waals surface area (Å²) < 4.78 is 16.2. The van der Waals surface area contributed by atoms with Crippen molar-refractivity contribution in [1.29, 1.82) is 0 Å². The van der Waals surface area contributed by atoms with Gasteiger partial charge in [-0.3, -0.25) is 14.4 Å². The lowest BCUT2D eigenvalue weighted by molar-refractivity contribution is -0.158. The van der Waals surface area contributed by atoms with E-state index < -0.39 is 12.0 Å². The molecule has 0 aromatic heterocycles. The highest BCUT2D eigenvalue weighted by molar-refractivity contribution is 5.76. The molecule has 176 valence electrons. The maximum Gasteiger partial charge on any atom is 0.309 e. The number of ether oxygens (including phenoxy) is 3. The van der Waals surface area contributed by atoms with E-state index >= 15 is 0 Å². The number of esters is 3. The molecule has 30 heavy (non-hydrogen) atoms. The molecule has 4 atom stereocenters. The second-order valence-corrected chi connectivity index (χ2v) is 8.26. The molecular weight excluding hydrogens is 384 g/mol. The molecule has 0 spiro atoms. The van der Waals surface area contributed by atoms with E-state index in [-0.39, 0.29) is 23.8 Å². The smallest absolute Gasteiger partial charge is 0.309 e. The predicted octanol–water partition coefficient (Wildman–Crippen LogP) is 5.46. The summed E-state index contributed by atoms with van der Waals surface area (Å²) >= 11 is 0. The Morgan fingerprint density at radius 1 is 0.800 bits per heavy atom. The second-order valence-electron chi connectivity index (χ2n) is 8.26. The van der Waals surface area contributed by atoms with E-state index in [2.05, 4.69) is 13.8 Å². The first kappa shape index (κ1) is 28.4. The molecule has 4 unspecified atom stereocenters. The van der Waals surface area contributed by atoms with Crippen molar-refractivity contribution >= 4 is 17.9 Å². The summed E-state index contributed by atoms with van der Waals surface area (Å²) in [6.45, 7) is 12.1. The van der Waals surface area contributed by atoms with Crippen LogP contribution in [-0.2, 0) is 28.6 Å². The Morgan fingerprint density at radius 2 is 1.43 bits per heavy atom. The maximum absolute atomic E-state index is 12.9. The fourth-order valence-corrected chi connectivity index (χ4v) is 3.44. The van der Waals surface area contributed by atoms with Gasteiger partial charge < -0.3 is 14.2 Å². The Hall–Kier alpha value is -1.59. The van der Waals surface area contributed by atoms with Gasteiger partial charge in [0.15, 0.2) is 0 Å². The minimum Gasteiger partial charge on any atom is -0.465 e. The van der Waals surface area contributed by atoms with Crippen molar-refractivity contribution in [3.63, 3.8) is 0 Å². The third-order valence-electron chi connectivity index (χ3n) is 5.46. The normalized spacial score (nSPS) is 15.0. The van der Waals surface area contributed by atoms with Crippen molar-refractivity contribution in [2.45, 2.75) is 105 Å². The number of rotatable bonds is 17. The highest BCUT2D eigenvalue weighted by Crippen LogP contribution is 2.25. The van der Waals surface area contributed by atoms with Gasteiger partial charge in [0.1, 0.15) is 0 Å². The van der Waals surface area contributed by atoms with Gasteiger partial charge >= 0.3 is 17.9 Å². The summed E-state index contributed by atoms with van der Waals surface area (Å²) in [7, 11) is 0. The van der Waals surface area contributed by atoms with Crippen LogP contribution < -0.4 is 0 Å². The van der Waals surface area contributed by atoms with Gasteiger partial charge in [0.25, 0.3) is 0 Å². The zero-order valence-corrected chi connectivity index (χ0v) is 20.0. The number of unbranched alkanes of at least 4 members (excludes halogenated alkanes) is 2. The summed E-state index contributed by atoms with van der Waals surface area (Å²) in [4.78, 5) is 36.6. The van der Waals surface area contributed by atoms with Crippen LogP contribution >= 0.6 is 0 Å². The lowest BCUT2D eigenvalue weighted by atomic mass is 9.88. The summed E-state index contributed by atoms with van der Waals surface area (Å²) in [6, 6.07) is 0. The Labute approximate surface area is 183 Å². The van der Waals surface area contributed by atoms with Crippen molar-refractivity contribution in [1.82, 2.24) is 0 Å². The molecule has 0 radical (unpaired) electrons. The minimum absolute atomic E-state index is 0.265. The number of hydrogen-bond donors (Lipinski definition) is 0. The maximum atomic E-state index is 12.9. The predicted molar refractivity (Wildman–Crippen MR) is 118 cm³/mol. The van der Waals surface area contributed by atoms with E-state index in [9.17, 15) is 14.4 Å². The lowest BCUT2D eigenvalue weighted by Gasteiger charge is -2.24. The molecular formula is C24H44O6. The van der Waals surface area contributed by atoms with E-state index in [1.807, 2.05) is 13.8 Å². The van der Waals surface area contributed by atoms with Gasteiger partial charge in [-0.2, -0.15) is 0 Å². The van der Waals surface area contributed by atoms with Crippen LogP contribution in [0.3, 0.4) is 0 Å². The van der Waals surface area contributed by atoms with E-state index in [1.165, 1.54) is 6.92 Å². The van der Waals surface area contributed by atoms with Gasteiger partial charge in [-0.25, -0.2) is 0 Å². The first-order valence-corrected chi connectivity index (χ1v) is 11.8. The van der Waals surface area contributed by atoms with Gasteiger partial charge in [0, 0.05) is 6.92 Å². The van der Waals surface area contributed by atoms with Crippen LogP contribution in [0.25, 0.3) is 0 Å². The first-order chi connectivity index (χ1) is 14.3. The average Bonchev–Trinajstić information content (AvgIpc) is 2.70. The molecule has 0 saturated heterocycles. The quantitative estimate of drug-likeness (QED) is 0.174. The van der Waals surface area contributed by atoms with E-state index in [1.54, 1.807) is 6.92 Å². The van der Waals surface area contributed by atoms with Crippen molar-refractivity contribution in [3.8, 4) is 0 Å². The Morgan fingerprint density at radius 3 is 1.97 bits per heavy atom. The van der Waals surface area contributed by atoms with E-state index in [0.717, 1.165) is 38.5 Å². The standard InChI is InChI=1S/C24H44O6/c1-7-11-13-20(9-3)17-29-24(27)22(15-18(5)30-19(6)25)16-21(10-4)23(26)28-14-12-8-2/h18,20-22H,7-17H2,1-6H3. The molecule has 0 heterocycles. The number of carbonyl (C=O) groups excluding carboxylic acids is 3. The molecule has 0 aliphatic carbocycles. The molecule has 0 aromatic carbocycles. The van der Waals surface area contributed by atoms with Gasteiger partial charge in [-0.1, -0.05) is 53.4 Å². The zero-order chi connectivity index (χ0) is 22.9. The largest absolute Gasteiger partial charge is 0.465 e. The molecule has 0 N–H and O–H groups in total. The Bertz CT molecular complexity index is 490. The van der Waals surface area contributed by atoms with Crippen molar-refractivity contribution in [2.24, 2.45) is 17.8 Å². The topological polar surface area (TPSA) is 78.9 Å². The summed E-state index contributed by atoms with van der Waals surface area (Å²) in [5, 5.41) is 0. The molecule has 6 heteroatoms.